The van der Waals surface area contributed by atoms with Gasteiger partial charge in [0.15, 0.2) is 0 Å². The molecule has 6 heteroatoms. The second-order valence-corrected chi connectivity index (χ2v) is 8.63. The number of hydrogen-bond donors (Lipinski definition) is 1. The van der Waals surface area contributed by atoms with Crippen LogP contribution in [0.4, 0.5) is 15.8 Å². The van der Waals surface area contributed by atoms with Gasteiger partial charge >= 0.3 is 0 Å². The number of amides is 1. The number of carbonyl (C=O) groups excluding carboxylic acids is 1. The maximum absolute atomic E-state index is 13.1. The summed E-state index contributed by atoms with van der Waals surface area (Å²) in [5.41, 5.74) is 3.24. The van der Waals surface area contributed by atoms with Gasteiger partial charge < -0.3 is 10.2 Å². The number of fused-ring (bicyclic) bond motifs is 1. The molecule has 1 heterocycles. The molecule has 0 spiro atoms. The predicted molar refractivity (Wildman–Crippen MR) is 120 cm³/mol. The van der Waals surface area contributed by atoms with Crippen molar-refractivity contribution in [3.05, 3.63) is 63.9 Å². The van der Waals surface area contributed by atoms with E-state index in [2.05, 4.69) is 37.9 Å². The minimum Gasteiger partial charge on any atom is -0.366 e. The van der Waals surface area contributed by atoms with E-state index in [9.17, 15) is 14.4 Å². The van der Waals surface area contributed by atoms with Crippen molar-refractivity contribution in [2.45, 2.75) is 45.6 Å². The molecule has 0 aromatic heterocycles. The normalized spacial score (nSPS) is 17.8. The molecular weight excluding hydrogens is 401 g/mol. The van der Waals surface area contributed by atoms with E-state index < -0.39 is 11.7 Å². The van der Waals surface area contributed by atoms with Crippen molar-refractivity contribution in [1.29, 1.82) is 5.26 Å². The van der Waals surface area contributed by atoms with Crippen LogP contribution in [-0.4, -0.2) is 18.0 Å². The fourth-order valence-electron chi connectivity index (χ4n) is 4.27. The lowest BCUT2D eigenvalue weighted by Gasteiger charge is -2.47. The van der Waals surface area contributed by atoms with Gasteiger partial charge in [0.25, 0.3) is 5.91 Å². The summed E-state index contributed by atoms with van der Waals surface area (Å²) in [6, 6.07) is 11.2. The Labute approximate surface area is 182 Å². The number of rotatable bonds is 4. The Balaban J connectivity index is 1.96. The first-order valence-electron chi connectivity index (χ1n) is 9.96. The third-order valence-corrected chi connectivity index (χ3v) is 5.91. The van der Waals surface area contributed by atoms with E-state index in [1.165, 1.54) is 30.3 Å². The molecule has 1 amide bonds. The molecule has 1 atom stereocenters. The molecule has 2 aromatic carbocycles. The Morgan fingerprint density at radius 2 is 2.03 bits per heavy atom. The lowest BCUT2D eigenvalue weighted by molar-refractivity contribution is -0.112. The van der Waals surface area contributed by atoms with Crippen molar-refractivity contribution in [1.82, 2.24) is 0 Å². The van der Waals surface area contributed by atoms with Crippen LogP contribution in [0.25, 0.3) is 6.08 Å². The zero-order chi connectivity index (χ0) is 22.1. The highest BCUT2D eigenvalue weighted by Crippen LogP contribution is 2.45. The van der Waals surface area contributed by atoms with Gasteiger partial charge in [-0.2, -0.15) is 5.26 Å². The summed E-state index contributed by atoms with van der Waals surface area (Å²) in [4.78, 5) is 14.9. The molecular formula is C24H25ClFN3O. The van der Waals surface area contributed by atoms with Gasteiger partial charge in [0, 0.05) is 28.5 Å². The lowest BCUT2D eigenvalue weighted by Crippen LogP contribution is -2.48. The van der Waals surface area contributed by atoms with Crippen LogP contribution in [0.15, 0.2) is 42.0 Å². The summed E-state index contributed by atoms with van der Waals surface area (Å²) in [5, 5.41) is 12.6. The highest BCUT2D eigenvalue weighted by atomic mass is 35.5. The molecule has 1 N–H and O–H groups in total. The first kappa shape index (κ1) is 21.9. The maximum atomic E-state index is 13.1. The van der Waals surface area contributed by atoms with Gasteiger partial charge in [0.2, 0.25) is 0 Å². The third-order valence-electron chi connectivity index (χ3n) is 5.59. The number of nitrogens with zero attached hydrogens (tertiary/aromatic N) is 2. The largest absolute Gasteiger partial charge is 0.366 e. The van der Waals surface area contributed by atoms with Crippen LogP contribution in [-0.2, 0) is 4.79 Å². The number of anilines is 2. The quantitative estimate of drug-likeness (QED) is 0.473. The second kappa shape index (κ2) is 8.49. The number of benzene rings is 2. The lowest BCUT2D eigenvalue weighted by atomic mass is 9.79. The Morgan fingerprint density at radius 1 is 1.37 bits per heavy atom. The Kier molecular flexibility index (Phi) is 6.19. The first-order chi connectivity index (χ1) is 14.2. The van der Waals surface area contributed by atoms with Gasteiger partial charge in [-0.25, -0.2) is 4.39 Å². The van der Waals surface area contributed by atoms with Gasteiger partial charge in [0.05, 0.1) is 0 Å². The molecule has 0 aliphatic carbocycles. The van der Waals surface area contributed by atoms with Crippen LogP contribution in [0.2, 0.25) is 5.02 Å². The minimum absolute atomic E-state index is 0.0225. The molecule has 0 fully saturated rings. The summed E-state index contributed by atoms with van der Waals surface area (Å²) in [7, 11) is 0. The predicted octanol–water partition coefficient (Wildman–Crippen LogP) is 6.14. The number of halogens is 2. The van der Waals surface area contributed by atoms with Crippen LogP contribution in [0.5, 0.6) is 0 Å². The van der Waals surface area contributed by atoms with Crippen LogP contribution in [0.3, 0.4) is 0 Å². The molecule has 1 aliphatic heterocycles. The van der Waals surface area contributed by atoms with E-state index >= 15 is 0 Å². The Bertz CT molecular complexity index is 1040. The van der Waals surface area contributed by atoms with E-state index in [-0.39, 0.29) is 11.1 Å². The van der Waals surface area contributed by atoms with E-state index in [4.69, 9.17) is 11.6 Å². The van der Waals surface area contributed by atoms with Crippen molar-refractivity contribution in [2.24, 2.45) is 0 Å². The highest BCUT2D eigenvalue weighted by molar-refractivity contribution is 6.32. The molecule has 0 bridgehead atoms. The topological polar surface area (TPSA) is 56.1 Å². The monoisotopic (exact) mass is 425 g/mol. The van der Waals surface area contributed by atoms with Crippen molar-refractivity contribution >= 4 is 35.0 Å². The third kappa shape index (κ3) is 4.34. The molecule has 156 valence electrons. The number of nitrogens with one attached hydrogen (secondary N) is 1. The van der Waals surface area contributed by atoms with Gasteiger partial charge in [-0.1, -0.05) is 18.5 Å². The molecule has 1 aliphatic rings. The SMILES string of the molecule is CCN1c2cc(Cl)c(/C=C(\C#N)C(=O)Nc3ccc(F)cc3)cc2C(C)CC1(C)C. The van der Waals surface area contributed by atoms with Crippen LogP contribution in [0.1, 0.15) is 51.2 Å². The zero-order valence-corrected chi connectivity index (χ0v) is 18.3. The molecule has 4 nitrogen and oxygen atoms in total. The highest BCUT2D eigenvalue weighted by Gasteiger charge is 2.35. The van der Waals surface area contributed by atoms with Crippen LogP contribution < -0.4 is 10.2 Å². The van der Waals surface area contributed by atoms with Gasteiger partial charge in [-0.15, -0.1) is 0 Å². The van der Waals surface area contributed by atoms with Crippen molar-refractivity contribution in [2.75, 3.05) is 16.8 Å². The van der Waals surface area contributed by atoms with Crippen LogP contribution in [0, 0.1) is 17.1 Å². The van der Waals surface area contributed by atoms with Crippen molar-refractivity contribution in [3.63, 3.8) is 0 Å². The van der Waals surface area contributed by atoms with E-state index in [0.29, 0.717) is 22.2 Å². The average molecular weight is 426 g/mol. The van der Waals surface area contributed by atoms with Gasteiger partial charge in [-0.05, 0) is 86.7 Å². The summed E-state index contributed by atoms with van der Waals surface area (Å²) in [6.45, 7) is 9.62. The fourth-order valence-corrected chi connectivity index (χ4v) is 4.48. The molecule has 0 saturated heterocycles. The standard InChI is InChI=1S/C24H25ClFN3O/c1-5-29-22-12-21(25)16(11-20(22)15(2)13-24(29,3)4)10-17(14-27)23(30)28-19-8-6-18(26)7-9-19/h6-12,15H,5,13H2,1-4H3,(H,28,30)/b17-10+. The molecule has 0 saturated carbocycles. The molecule has 1 unspecified atom stereocenters. The molecule has 2 aromatic rings. The van der Waals surface area contributed by atoms with Crippen LogP contribution >= 0.6 is 11.6 Å². The zero-order valence-electron chi connectivity index (χ0n) is 17.6. The number of hydrogen-bond acceptors (Lipinski definition) is 3. The maximum Gasteiger partial charge on any atom is 0.266 e. The summed E-state index contributed by atoms with van der Waals surface area (Å²) < 4.78 is 13.1. The van der Waals surface area contributed by atoms with E-state index in [0.717, 1.165) is 24.2 Å². The number of carbonyl (C=O) groups is 1. The number of nitriles is 1. The van der Waals surface area contributed by atoms with E-state index in [1.54, 1.807) is 0 Å². The first-order valence-corrected chi connectivity index (χ1v) is 10.3. The minimum atomic E-state index is -0.567. The van der Waals surface area contributed by atoms with Gasteiger partial charge in [-0.3, -0.25) is 4.79 Å². The van der Waals surface area contributed by atoms with Crippen molar-refractivity contribution < 1.29 is 9.18 Å². The summed E-state index contributed by atoms with van der Waals surface area (Å²) in [5.74, 6) is -0.647. The smallest absolute Gasteiger partial charge is 0.266 e. The molecule has 3 rings (SSSR count). The Hall–Kier alpha value is -2.84. The molecule has 0 radical (unpaired) electrons. The Morgan fingerprint density at radius 3 is 2.63 bits per heavy atom. The fraction of sp³-hybridized carbons (Fsp3) is 0.333. The van der Waals surface area contributed by atoms with Crippen molar-refractivity contribution in [3.8, 4) is 6.07 Å². The molecule has 30 heavy (non-hydrogen) atoms. The second-order valence-electron chi connectivity index (χ2n) is 8.23. The summed E-state index contributed by atoms with van der Waals surface area (Å²) >= 11 is 6.55. The average Bonchev–Trinajstić information content (AvgIpc) is 2.68. The van der Waals surface area contributed by atoms with E-state index in [1.807, 2.05) is 18.2 Å². The summed E-state index contributed by atoms with van der Waals surface area (Å²) in [6.07, 6.45) is 2.50. The van der Waals surface area contributed by atoms with Gasteiger partial charge in [0.1, 0.15) is 17.5 Å².